The molecule has 2 aliphatic rings. The van der Waals surface area contributed by atoms with Gasteiger partial charge in [-0.05, 0) is 36.3 Å². The lowest BCUT2D eigenvalue weighted by atomic mass is 9.76. The van der Waals surface area contributed by atoms with E-state index in [1.807, 2.05) is 0 Å². The van der Waals surface area contributed by atoms with Crippen LogP contribution in [0.3, 0.4) is 0 Å². The van der Waals surface area contributed by atoms with Gasteiger partial charge in [0.05, 0.1) is 5.56 Å². The normalized spacial score (nSPS) is 27.6. The molecule has 1 aromatic carbocycles. The van der Waals surface area contributed by atoms with Crippen LogP contribution in [0.4, 0.5) is 0 Å². The van der Waals surface area contributed by atoms with E-state index in [0.29, 0.717) is 23.8 Å². The van der Waals surface area contributed by atoms with E-state index in [2.05, 4.69) is 0 Å². The molecule has 0 bridgehead atoms. The second-order valence-corrected chi connectivity index (χ2v) is 4.85. The van der Waals surface area contributed by atoms with Crippen LogP contribution in [0, 0.1) is 5.92 Å². The highest BCUT2D eigenvalue weighted by Gasteiger charge is 2.38. The number of phenols is 2. The number of hydrogen-bond acceptors (Lipinski definition) is 3. The lowest BCUT2D eigenvalue weighted by Gasteiger charge is -2.27. The summed E-state index contributed by atoms with van der Waals surface area (Å²) in [4.78, 5) is 11.9. The highest BCUT2D eigenvalue weighted by molar-refractivity contribution is 6.01. The van der Waals surface area contributed by atoms with E-state index < -0.39 is 0 Å². The molecular weight excluding hydrogens is 204 g/mol. The number of fused-ring (bicyclic) bond motifs is 3. The molecule has 0 aromatic heterocycles. The summed E-state index contributed by atoms with van der Waals surface area (Å²) in [5.74, 6) is 0.782. The molecule has 1 saturated carbocycles. The molecule has 0 saturated heterocycles. The second kappa shape index (κ2) is 3.24. The Bertz CT molecular complexity index is 464. The van der Waals surface area contributed by atoms with Crippen molar-refractivity contribution in [3.05, 3.63) is 23.3 Å². The van der Waals surface area contributed by atoms with Gasteiger partial charge < -0.3 is 10.2 Å². The van der Waals surface area contributed by atoms with Crippen molar-refractivity contribution in [2.75, 3.05) is 0 Å². The van der Waals surface area contributed by atoms with Crippen LogP contribution in [-0.2, 0) is 0 Å². The summed E-state index contributed by atoms with van der Waals surface area (Å²) in [6.45, 7) is 0. The van der Waals surface area contributed by atoms with Crippen molar-refractivity contribution in [3.8, 4) is 11.5 Å². The van der Waals surface area contributed by atoms with Gasteiger partial charge in [0.25, 0.3) is 0 Å². The summed E-state index contributed by atoms with van der Waals surface area (Å²) < 4.78 is 0. The average Bonchev–Trinajstić information content (AvgIpc) is 2.64. The van der Waals surface area contributed by atoms with Gasteiger partial charge in [-0.2, -0.15) is 0 Å². The molecule has 0 radical (unpaired) electrons. The molecule has 3 nitrogen and oxygen atoms in total. The summed E-state index contributed by atoms with van der Waals surface area (Å²) in [7, 11) is 0. The van der Waals surface area contributed by atoms with Crippen LogP contribution < -0.4 is 0 Å². The number of phenolic OH excluding ortho intramolecular Hbond substituents is 2. The first-order chi connectivity index (χ1) is 7.66. The Labute approximate surface area is 93.7 Å². The molecule has 84 valence electrons. The van der Waals surface area contributed by atoms with Crippen molar-refractivity contribution in [2.45, 2.75) is 31.6 Å². The zero-order chi connectivity index (χ0) is 11.3. The fourth-order valence-corrected chi connectivity index (χ4v) is 3.26. The van der Waals surface area contributed by atoms with Gasteiger partial charge in [-0.3, -0.25) is 4.79 Å². The van der Waals surface area contributed by atoms with Crippen molar-refractivity contribution >= 4 is 5.78 Å². The van der Waals surface area contributed by atoms with Crippen LogP contribution in [0.25, 0.3) is 0 Å². The first-order valence-electron chi connectivity index (χ1n) is 5.76. The van der Waals surface area contributed by atoms with E-state index in [1.54, 1.807) is 6.07 Å². The predicted molar refractivity (Wildman–Crippen MR) is 58.8 cm³/mol. The summed E-state index contributed by atoms with van der Waals surface area (Å²) in [6, 6.07) is 2.90. The fraction of sp³-hybridized carbons (Fsp3) is 0.462. The minimum Gasteiger partial charge on any atom is -0.508 e. The Balaban J connectivity index is 2.20. The van der Waals surface area contributed by atoms with Crippen molar-refractivity contribution in [2.24, 2.45) is 5.92 Å². The Kier molecular flexibility index (Phi) is 1.96. The number of carbonyl (C=O) groups excluding carboxylic acids is 1. The number of Topliss-reactive ketones (excluding diaryl/α,β-unsaturated/α-hetero) is 1. The van der Waals surface area contributed by atoms with E-state index >= 15 is 0 Å². The van der Waals surface area contributed by atoms with Crippen LogP contribution in [0.1, 0.15) is 47.5 Å². The van der Waals surface area contributed by atoms with Crippen LogP contribution in [-0.4, -0.2) is 16.0 Å². The number of benzene rings is 1. The number of hydrogen-bond donors (Lipinski definition) is 2. The van der Waals surface area contributed by atoms with Gasteiger partial charge in [-0.25, -0.2) is 0 Å². The van der Waals surface area contributed by atoms with Gasteiger partial charge >= 0.3 is 0 Å². The smallest absolute Gasteiger partial charge is 0.167 e. The zero-order valence-corrected chi connectivity index (χ0v) is 8.94. The van der Waals surface area contributed by atoms with Crippen molar-refractivity contribution < 1.29 is 15.0 Å². The molecule has 1 aromatic rings. The molecule has 3 heteroatoms. The van der Waals surface area contributed by atoms with Gasteiger partial charge in [-0.1, -0.05) is 6.42 Å². The standard InChI is InChI=1S/C13H14O3/c14-8-5-10-9-3-1-2-7(9)4-11(15)13(10)12(16)6-8/h5-7,9,14,16H,1-4H2/t7-,9+/m0/s1. The zero-order valence-electron chi connectivity index (χ0n) is 8.94. The van der Waals surface area contributed by atoms with Crippen LogP contribution in [0.15, 0.2) is 12.1 Å². The van der Waals surface area contributed by atoms with Crippen molar-refractivity contribution in [1.29, 1.82) is 0 Å². The maximum absolute atomic E-state index is 11.9. The number of aromatic hydroxyl groups is 2. The van der Waals surface area contributed by atoms with E-state index in [0.717, 1.165) is 24.8 Å². The molecule has 0 unspecified atom stereocenters. The van der Waals surface area contributed by atoms with Crippen molar-refractivity contribution in [1.82, 2.24) is 0 Å². The fourth-order valence-electron chi connectivity index (χ4n) is 3.26. The third-order valence-electron chi connectivity index (χ3n) is 3.92. The molecule has 1 fully saturated rings. The minimum atomic E-state index is -0.0645. The SMILES string of the molecule is O=C1C[C@@H]2CCC[C@H]2c2cc(O)cc(O)c21. The topological polar surface area (TPSA) is 57.5 Å². The molecule has 0 heterocycles. The highest BCUT2D eigenvalue weighted by atomic mass is 16.3. The summed E-state index contributed by atoms with van der Waals surface area (Å²) in [5, 5.41) is 19.3. The maximum Gasteiger partial charge on any atom is 0.167 e. The first kappa shape index (κ1) is 9.70. The largest absolute Gasteiger partial charge is 0.508 e. The van der Waals surface area contributed by atoms with Crippen LogP contribution in [0.5, 0.6) is 11.5 Å². The van der Waals surface area contributed by atoms with E-state index in [-0.39, 0.29) is 17.3 Å². The molecule has 3 rings (SSSR count). The van der Waals surface area contributed by atoms with E-state index in [4.69, 9.17) is 0 Å². The van der Waals surface area contributed by atoms with Gasteiger partial charge in [0, 0.05) is 12.5 Å². The summed E-state index contributed by atoms with van der Waals surface area (Å²) >= 11 is 0. The van der Waals surface area contributed by atoms with Gasteiger partial charge in [0.1, 0.15) is 11.5 Å². The van der Waals surface area contributed by atoms with Crippen LogP contribution in [0.2, 0.25) is 0 Å². The Morgan fingerprint density at radius 2 is 2.00 bits per heavy atom. The van der Waals surface area contributed by atoms with Gasteiger partial charge in [0.15, 0.2) is 5.78 Å². The van der Waals surface area contributed by atoms with Crippen LogP contribution >= 0.6 is 0 Å². The number of carbonyl (C=O) groups is 1. The highest BCUT2D eigenvalue weighted by Crippen LogP contribution is 2.49. The molecule has 0 amide bonds. The molecule has 0 spiro atoms. The van der Waals surface area contributed by atoms with Gasteiger partial charge in [-0.15, -0.1) is 0 Å². The lowest BCUT2D eigenvalue weighted by Crippen LogP contribution is -2.21. The summed E-state index contributed by atoms with van der Waals surface area (Å²) in [5.41, 5.74) is 1.30. The Morgan fingerprint density at radius 1 is 1.19 bits per heavy atom. The minimum absolute atomic E-state index is 0.0238. The Hall–Kier alpha value is -1.51. The second-order valence-electron chi connectivity index (χ2n) is 4.85. The molecular formula is C13H14O3. The average molecular weight is 218 g/mol. The third-order valence-corrected chi connectivity index (χ3v) is 3.92. The molecule has 2 atom stereocenters. The maximum atomic E-state index is 11.9. The third kappa shape index (κ3) is 1.24. The molecule has 2 aliphatic carbocycles. The predicted octanol–water partition coefficient (Wildman–Crippen LogP) is 2.57. The molecule has 2 N–H and O–H groups in total. The molecule has 16 heavy (non-hydrogen) atoms. The van der Waals surface area contributed by atoms with E-state index in [1.165, 1.54) is 6.07 Å². The monoisotopic (exact) mass is 218 g/mol. The van der Waals surface area contributed by atoms with E-state index in [9.17, 15) is 15.0 Å². The lowest BCUT2D eigenvalue weighted by molar-refractivity contribution is 0.0940. The number of rotatable bonds is 0. The first-order valence-corrected chi connectivity index (χ1v) is 5.76. The summed E-state index contributed by atoms with van der Waals surface area (Å²) in [6.07, 6.45) is 3.84. The quantitative estimate of drug-likeness (QED) is 0.703. The molecule has 0 aliphatic heterocycles. The van der Waals surface area contributed by atoms with Gasteiger partial charge in [0.2, 0.25) is 0 Å². The Morgan fingerprint density at radius 3 is 2.81 bits per heavy atom. The number of ketones is 1. The van der Waals surface area contributed by atoms with Crippen molar-refractivity contribution in [3.63, 3.8) is 0 Å².